The van der Waals surface area contributed by atoms with Crippen LogP contribution in [0.2, 0.25) is 0 Å². The van der Waals surface area contributed by atoms with Crippen molar-refractivity contribution in [2.75, 3.05) is 6.54 Å². The van der Waals surface area contributed by atoms with E-state index in [2.05, 4.69) is 11.6 Å². The van der Waals surface area contributed by atoms with E-state index in [1.807, 2.05) is 0 Å². The van der Waals surface area contributed by atoms with Gasteiger partial charge in [0.2, 0.25) is 10.9 Å². The average molecular weight is 207 g/mol. The largest absolute Gasteiger partial charge is 0.218 e. The van der Waals surface area contributed by atoms with Crippen LogP contribution in [0.5, 0.6) is 0 Å². The Bertz CT molecular complexity index is 161. The fourth-order valence-electron chi connectivity index (χ4n) is 1.25. The number of nitrogens with one attached hydrogen (secondary N) is 1. The van der Waals surface area contributed by atoms with Crippen molar-refractivity contribution in [3.05, 3.63) is 0 Å². The predicted molar refractivity (Wildman–Crippen MR) is 56.3 cm³/mol. The van der Waals surface area contributed by atoms with Gasteiger partial charge in [0.15, 0.2) is 0 Å². The summed E-state index contributed by atoms with van der Waals surface area (Å²) in [6, 6.07) is 0. The molecule has 0 amide bonds. The molecule has 0 aliphatic carbocycles. The van der Waals surface area contributed by atoms with E-state index >= 15 is 0 Å². The van der Waals surface area contributed by atoms with Crippen LogP contribution in [-0.4, -0.2) is 15.0 Å². The van der Waals surface area contributed by atoms with Crippen LogP contribution in [0, 0.1) is 0 Å². The maximum atomic E-state index is 10.1. The topological polar surface area (TPSA) is 46.2 Å². The first-order chi connectivity index (χ1) is 6.27. The molecule has 0 aliphatic heterocycles. The number of thiol groups is 1. The molecule has 0 aliphatic rings. The summed E-state index contributed by atoms with van der Waals surface area (Å²) in [6.07, 6.45) is 8.55. The first kappa shape index (κ1) is 12.9. The van der Waals surface area contributed by atoms with Gasteiger partial charge < -0.3 is 0 Å². The Hall–Kier alpha value is -0.0900. The third-order valence-electron chi connectivity index (χ3n) is 2.02. The van der Waals surface area contributed by atoms with Gasteiger partial charge in [0, 0.05) is 6.54 Å². The molecule has 0 spiro atoms. The zero-order valence-corrected chi connectivity index (χ0v) is 9.31. The van der Waals surface area contributed by atoms with Crippen molar-refractivity contribution in [3.8, 4) is 0 Å². The molecule has 4 heteroatoms. The number of hydrogen-bond acceptors (Lipinski definition) is 2. The van der Waals surface area contributed by atoms with E-state index in [0.717, 1.165) is 12.8 Å². The zero-order valence-electron chi connectivity index (χ0n) is 8.42. The number of hydrogen-bond donors (Lipinski definition) is 2. The van der Waals surface area contributed by atoms with Crippen molar-refractivity contribution in [2.45, 2.75) is 51.9 Å². The molecular weight excluding hydrogens is 186 g/mol. The molecule has 80 valence electrons. The molecule has 13 heavy (non-hydrogen) atoms. The summed E-state index contributed by atoms with van der Waals surface area (Å²) in [5.41, 5.74) is 0. The molecule has 0 heterocycles. The molecule has 0 bridgehead atoms. The molecule has 0 fully saturated rings. The SMILES string of the molecule is CCCCCCCCCN[SH](=O)=O. The summed E-state index contributed by atoms with van der Waals surface area (Å²) in [4.78, 5) is 0. The lowest BCUT2D eigenvalue weighted by Gasteiger charge is -1.99. The lowest BCUT2D eigenvalue weighted by Crippen LogP contribution is -2.12. The standard InChI is InChI=1S/C9H21NO2S/c1-2-3-4-5-6-7-8-9-10-13(11)12/h13H,2-9H2,1H3,(H,10,11,12). The van der Waals surface area contributed by atoms with Gasteiger partial charge in [-0.25, -0.2) is 13.1 Å². The molecule has 0 aromatic rings. The smallest absolute Gasteiger partial charge is 0.201 e. The lowest BCUT2D eigenvalue weighted by molar-refractivity contribution is 0.574. The Kier molecular flexibility index (Phi) is 9.92. The van der Waals surface area contributed by atoms with Crippen molar-refractivity contribution in [2.24, 2.45) is 0 Å². The third kappa shape index (κ3) is 11.9. The second-order valence-electron chi connectivity index (χ2n) is 3.29. The minimum atomic E-state index is -2.38. The Morgan fingerprint density at radius 3 is 2.00 bits per heavy atom. The molecular formula is C9H21NO2S. The third-order valence-corrected chi connectivity index (χ3v) is 2.50. The van der Waals surface area contributed by atoms with E-state index in [-0.39, 0.29) is 0 Å². The van der Waals surface area contributed by atoms with Crippen LogP contribution in [-0.2, 0) is 10.9 Å². The van der Waals surface area contributed by atoms with Gasteiger partial charge in [-0.3, -0.25) is 0 Å². The molecule has 0 atom stereocenters. The highest BCUT2D eigenvalue weighted by Gasteiger charge is 1.90. The minimum Gasteiger partial charge on any atom is -0.218 e. The van der Waals surface area contributed by atoms with Gasteiger partial charge in [-0.05, 0) is 6.42 Å². The van der Waals surface area contributed by atoms with Gasteiger partial charge in [0.1, 0.15) is 0 Å². The Labute approximate surface area is 83.0 Å². The first-order valence-corrected chi connectivity index (χ1v) is 6.33. The van der Waals surface area contributed by atoms with E-state index < -0.39 is 10.9 Å². The van der Waals surface area contributed by atoms with Crippen LogP contribution in [0.15, 0.2) is 0 Å². The fraction of sp³-hybridized carbons (Fsp3) is 1.00. The molecule has 0 saturated carbocycles. The van der Waals surface area contributed by atoms with E-state index in [4.69, 9.17) is 0 Å². The highest BCUT2D eigenvalue weighted by Crippen LogP contribution is 2.05. The number of rotatable bonds is 9. The molecule has 0 aromatic heterocycles. The van der Waals surface area contributed by atoms with Gasteiger partial charge in [0.25, 0.3) is 0 Å². The zero-order chi connectivity index (χ0) is 9.94. The van der Waals surface area contributed by atoms with Crippen molar-refractivity contribution in [1.29, 1.82) is 0 Å². The first-order valence-electron chi connectivity index (χ1n) is 5.15. The summed E-state index contributed by atoms with van der Waals surface area (Å²) < 4.78 is 22.6. The van der Waals surface area contributed by atoms with E-state index in [1.54, 1.807) is 0 Å². The summed E-state index contributed by atoms with van der Waals surface area (Å²) in [5, 5.41) is 0. The molecule has 1 N–H and O–H groups in total. The summed E-state index contributed by atoms with van der Waals surface area (Å²) >= 11 is 0. The molecule has 0 unspecified atom stereocenters. The van der Waals surface area contributed by atoms with E-state index in [9.17, 15) is 8.42 Å². The minimum absolute atomic E-state index is 0.604. The summed E-state index contributed by atoms with van der Waals surface area (Å²) in [7, 11) is -2.38. The Morgan fingerprint density at radius 2 is 1.46 bits per heavy atom. The lowest BCUT2D eigenvalue weighted by atomic mass is 10.1. The molecule has 0 radical (unpaired) electrons. The second-order valence-corrected chi connectivity index (χ2v) is 4.12. The summed E-state index contributed by atoms with van der Waals surface area (Å²) in [6.45, 7) is 2.81. The van der Waals surface area contributed by atoms with Gasteiger partial charge in [0.05, 0.1) is 0 Å². The highest BCUT2D eigenvalue weighted by atomic mass is 32.2. The molecule has 0 aromatic carbocycles. The fourth-order valence-corrected chi connectivity index (χ4v) is 1.59. The van der Waals surface area contributed by atoms with Crippen LogP contribution < -0.4 is 4.72 Å². The molecule has 3 nitrogen and oxygen atoms in total. The maximum Gasteiger partial charge on any atom is 0.201 e. The van der Waals surface area contributed by atoms with Gasteiger partial charge in [-0.1, -0.05) is 45.4 Å². The van der Waals surface area contributed by atoms with Crippen LogP contribution in [0.1, 0.15) is 51.9 Å². The maximum absolute atomic E-state index is 10.1. The molecule has 0 saturated heterocycles. The predicted octanol–water partition coefficient (Wildman–Crippen LogP) is 1.85. The van der Waals surface area contributed by atoms with Crippen LogP contribution in [0.4, 0.5) is 0 Å². The second kappa shape index (κ2) is 9.99. The normalized spacial score (nSPS) is 10.9. The van der Waals surface area contributed by atoms with E-state index in [1.165, 1.54) is 32.1 Å². The van der Waals surface area contributed by atoms with E-state index in [0.29, 0.717) is 6.54 Å². The van der Waals surface area contributed by atoms with Crippen molar-refractivity contribution >= 4 is 10.9 Å². The summed E-state index contributed by atoms with van der Waals surface area (Å²) in [5.74, 6) is 0. The van der Waals surface area contributed by atoms with Gasteiger partial charge >= 0.3 is 0 Å². The molecule has 0 rings (SSSR count). The van der Waals surface area contributed by atoms with Crippen LogP contribution in [0.3, 0.4) is 0 Å². The van der Waals surface area contributed by atoms with Gasteiger partial charge in [-0.15, -0.1) is 0 Å². The monoisotopic (exact) mass is 207 g/mol. The average Bonchev–Trinajstić information content (AvgIpc) is 2.09. The Morgan fingerprint density at radius 1 is 0.923 bits per heavy atom. The highest BCUT2D eigenvalue weighted by molar-refractivity contribution is 7.70. The van der Waals surface area contributed by atoms with Crippen molar-refractivity contribution < 1.29 is 8.42 Å². The quantitative estimate of drug-likeness (QED) is 0.448. The Balaban J connectivity index is 2.91. The van der Waals surface area contributed by atoms with Crippen molar-refractivity contribution in [3.63, 3.8) is 0 Å². The van der Waals surface area contributed by atoms with Crippen LogP contribution >= 0.6 is 0 Å². The van der Waals surface area contributed by atoms with Crippen LogP contribution in [0.25, 0.3) is 0 Å². The number of unbranched alkanes of at least 4 members (excludes halogenated alkanes) is 6. The van der Waals surface area contributed by atoms with Crippen molar-refractivity contribution in [1.82, 2.24) is 4.72 Å². The van der Waals surface area contributed by atoms with Gasteiger partial charge in [-0.2, -0.15) is 0 Å².